The first-order valence-electron chi connectivity index (χ1n) is 0.880. The molecule has 0 atom stereocenters. The molecule has 0 aromatic heterocycles. The largest absolute Gasteiger partial charge is 1.00 e. The molecule has 0 radical (unpaired) electrons. The van der Waals surface area contributed by atoms with Gasteiger partial charge < -0.3 is 7.59 Å². The second-order valence-corrected chi connectivity index (χ2v) is 0.332. The SMILES string of the molecule is COC=O.[H-].[H-].[Na+].[Na+]. The zero-order valence-electron chi connectivity index (χ0n) is 6.39. The first kappa shape index (κ1) is 15.6. The Morgan fingerprint density at radius 2 is 1.83 bits per heavy atom. The van der Waals surface area contributed by atoms with E-state index in [1.165, 1.54) is 7.11 Å². The first-order chi connectivity index (χ1) is 1.91. The van der Waals surface area contributed by atoms with Crippen LogP contribution in [0.3, 0.4) is 0 Å². The summed E-state index contributed by atoms with van der Waals surface area (Å²) in [5.41, 5.74) is 0. The molecule has 0 spiro atoms. The summed E-state index contributed by atoms with van der Waals surface area (Å²) in [4.78, 5) is 8.95. The van der Waals surface area contributed by atoms with Crippen LogP contribution in [0.25, 0.3) is 0 Å². The summed E-state index contributed by atoms with van der Waals surface area (Å²) < 4.78 is 3.86. The average molecular weight is 108 g/mol. The first-order valence-corrected chi connectivity index (χ1v) is 0.880. The van der Waals surface area contributed by atoms with Crippen LogP contribution < -0.4 is 59.1 Å². The topological polar surface area (TPSA) is 26.3 Å². The standard InChI is InChI=1S/C2H4O2.2Na.2H/c1-4-2-3;;;;/h2H,1H3;;;;/q;2*+1;2*-1. The number of carbonyl (C=O) groups excluding carboxylic acids is 1. The van der Waals surface area contributed by atoms with E-state index in [-0.39, 0.29) is 62.0 Å². The molecule has 0 aromatic rings. The van der Waals surface area contributed by atoms with Gasteiger partial charge in [0.2, 0.25) is 0 Å². The Labute approximate surface area is 84.2 Å². The molecule has 0 rings (SSSR count). The molecule has 0 aliphatic heterocycles. The molecule has 0 aliphatic rings. The number of ether oxygens (including phenoxy) is 1. The fourth-order valence-corrected chi connectivity index (χ4v) is 0. The molecule has 0 bridgehead atoms. The van der Waals surface area contributed by atoms with E-state index >= 15 is 0 Å². The molecular weight excluding hydrogens is 102 g/mol. The summed E-state index contributed by atoms with van der Waals surface area (Å²) in [5, 5.41) is 0. The fourth-order valence-electron chi connectivity index (χ4n) is 0. The van der Waals surface area contributed by atoms with Gasteiger partial charge in [-0.25, -0.2) is 0 Å². The van der Waals surface area contributed by atoms with Gasteiger partial charge in [-0.1, -0.05) is 0 Å². The second kappa shape index (κ2) is 16.1. The minimum atomic E-state index is 0. The van der Waals surface area contributed by atoms with Gasteiger partial charge in [-0.2, -0.15) is 0 Å². The smallest absolute Gasteiger partial charge is 1.00 e. The molecule has 0 amide bonds. The second-order valence-electron chi connectivity index (χ2n) is 0.332. The van der Waals surface area contributed by atoms with Gasteiger partial charge in [0.05, 0.1) is 7.11 Å². The summed E-state index contributed by atoms with van der Waals surface area (Å²) >= 11 is 0. The van der Waals surface area contributed by atoms with E-state index in [4.69, 9.17) is 4.79 Å². The van der Waals surface area contributed by atoms with Gasteiger partial charge in [0.15, 0.2) is 0 Å². The molecule has 0 aromatic carbocycles. The summed E-state index contributed by atoms with van der Waals surface area (Å²) in [6.45, 7) is 0.375. The molecule has 0 saturated carbocycles. The van der Waals surface area contributed by atoms with Crippen molar-refractivity contribution < 1.29 is 71.5 Å². The fraction of sp³-hybridized carbons (Fsp3) is 0.500. The summed E-state index contributed by atoms with van der Waals surface area (Å²) in [6.07, 6.45) is 0. The van der Waals surface area contributed by atoms with Crippen LogP contribution >= 0.6 is 0 Å². The Hall–Kier alpha value is 1.47. The van der Waals surface area contributed by atoms with E-state index in [1.807, 2.05) is 0 Å². The van der Waals surface area contributed by atoms with Gasteiger partial charge in [0.1, 0.15) is 0 Å². The minimum absolute atomic E-state index is 0. The van der Waals surface area contributed by atoms with Crippen molar-refractivity contribution in [1.82, 2.24) is 0 Å². The van der Waals surface area contributed by atoms with Crippen LogP contribution in [-0.4, -0.2) is 13.6 Å². The van der Waals surface area contributed by atoms with Crippen LogP contribution in [-0.2, 0) is 9.53 Å². The molecule has 28 valence electrons. The van der Waals surface area contributed by atoms with Crippen molar-refractivity contribution >= 4 is 6.47 Å². The molecule has 4 heteroatoms. The third kappa shape index (κ3) is 17.9. The predicted molar refractivity (Wildman–Crippen MR) is 15.3 cm³/mol. The van der Waals surface area contributed by atoms with Gasteiger partial charge >= 0.3 is 59.1 Å². The summed E-state index contributed by atoms with van der Waals surface area (Å²) in [6, 6.07) is 0. The van der Waals surface area contributed by atoms with E-state index in [0.717, 1.165) is 0 Å². The molecule has 0 heterocycles. The Bertz CT molecular complexity index is 30.0. The van der Waals surface area contributed by atoms with Crippen LogP contribution in [0, 0.1) is 0 Å². The van der Waals surface area contributed by atoms with Gasteiger partial charge in [0, 0.05) is 0 Å². The van der Waals surface area contributed by atoms with Gasteiger partial charge in [0.25, 0.3) is 6.47 Å². The van der Waals surface area contributed by atoms with E-state index in [1.54, 1.807) is 0 Å². The van der Waals surface area contributed by atoms with Gasteiger partial charge in [-0.05, 0) is 0 Å². The number of hydrogen-bond acceptors (Lipinski definition) is 2. The molecule has 0 aliphatic carbocycles. The number of carbonyl (C=O) groups is 1. The summed E-state index contributed by atoms with van der Waals surface area (Å²) in [5.74, 6) is 0. The third-order valence-corrected chi connectivity index (χ3v) is 0.0962. The van der Waals surface area contributed by atoms with Gasteiger partial charge in [-0.3, -0.25) is 4.79 Å². The van der Waals surface area contributed by atoms with E-state index < -0.39 is 0 Å². The van der Waals surface area contributed by atoms with Crippen LogP contribution in [0.15, 0.2) is 0 Å². The van der Waals surface area contributed by atoms with Crippen molar-refractivity contribution in [2.45, 2.75) is 0 Å². The van der Waals surface area contributed by atoms with Crippen molar-refractivity contribution in [2.24, 2.45) is 0 Å². The van der Waals surface area contributed by atoms with Crippen molar-refractivity contribution in [2.75, 3.05) is 7.11 Å². The molecule has 0 N–H and O–H groups in total. The van der Waals surface area contributed by atoms with Crippen molar-refractivity contribution in [3.05, 3.63) is 0 Å². The normalized spacial score (nSPS) is 3.50. The van der Waals surface area contributed by atoms with Crippen LogP contribution in [0.2, 0.25) is 0 Å². The van der Waals surface area contributed by atoms with Gasteiger partial charge in [-0.15, -0.1) is 0 Å². The average Bonchev–Trinajstić information content (AvgIpc) is 1.37. The van der Waals surface area contributed by atoms with E-state index in [0.29, 0.717) is 6.47 Å². The Morgan fingerprint density at radius 1 is 1.67 bits per heavy atom. The number of rotatable bonds is 1. The monoisotopic (exact) mass is 108 g/mol. The van der Waals surface area contributed by atoms with Crippen LogP contribution in [0.4, 0.5) is 0 Å². The maximum absolute atomic E-state index is 8.95. The van der Waals surface area contributed by atoms with Crippen LogP contribution in [0.1, 0.15) is 2.85 Å². The maximum Gasteiger partial charge on any atom is 1.00 e. The van der Waals surface area contributed by atoms with E-state index in [9.17, 15) is 0 Å². The molecular formula is C2H6Na2O2. The van der Waals surface area contributed by atoms with E-state index in [2.05, 4.69) is 4.74 Å². The molecule has 0 fully saturated rings. The van der Waals surface area contributed by atoms with Crippen LogP contribution in [0.5, 0.6) is 0 Å². The number of hydrogen-bond donors (Lipinski definition) is 0. The predicted octanol–water partition coefficient (Wildman–Crippen LogP) is -5.98. The van der Waals surface area contributed by atoms with Crippen molar-refractivity contribution in [1.29, 1.82) is 0 Å². The molecule has 2 nitrogen and oxygen atoms in total. The quantitative estimate of drug-likeness (QED) is 0.247. The Morgan fingerprint density at radius 3 is 1.83 bits per heavy atom. The Kier molecular flexibility index (Phi) is 41.9. The Balaban J connectivity index is -0.00000000750. The van der Waals surface area contributed by atoms with Crippen molar-refractivity contribution in [3.63, 3.8) is 0 Å². The van der Waals surface area contributed by atoms with Crippen molar-refractivity contribution in [3.8, 4) is 0 Å². The summed E-state index contributed by atoms with van der Waals surface area (Å²) in [7, 11) is 1.31. The maximum atomic E-state index is 8.95. The molecule has 0 unspecified atom stereocenters. The third-order valence-electron chi connectivity index (χ3n) is 0.0962. The minimum Gasteiger partial charge on any atom is -1.00 e. The number of methoxy groups -OCH3 is 1. The zero-order valence-corrected chi connectivity index (χ0v) is 8.39. The zero-order chi connectivity index (χ0) is 3.41. The molecule has 6 heavy (non-hydrogen) atoms. The molecule has 0 saturated heterocycles.